The number of ether oxygens (including phenoxy) is 1. The third kappa shape index (κ3) is 7.43. The molecule has 1 aliphatic heterocycles. The Bertz CT molecular complexity index is 461. The molecular weight excluding hydrogens is 297 g/mol. The molecule has 0 spiro atoms. The molecule has 1 aromatic carbocycles. The number of halogens is 1. The molecule has 0 aliphatic carbocycles. The molecule has 1 amide bonds. The van der Waals surface area contributed by atoms with Gasteiger partial charge in [0.05, 0.1) is 6.61 Å². The van der Waals surface area contributed by atoms with Gasteiger partial charge in [-0.2, -0.15) is 0 Å². The Kier molecular flexibility index (Phi) is 7.83. The lowest BCUT2D eigenvalue weighted by Crippen LogP contribution is -2.44. The van der Waals surface area contributed by atoms with E-state index in [-0.39, 0.29) is 11.7 Å². The fourth-order valence-electron chi connectivity index (χ4n) is 2.51. The zero-order chi connectivity index (χ0) is 16.3. The molecule has 0 aromatic heterocycles. The van der Waals surface area contributed by atoms with Gasteiger partial charge < -0.3 is 20.3 Å². The number of nitrogens with one attached hydrogen (secondary N) is 2. The summed E-state index contributed by atoms with van der Waals surface area (Å²) in [6, 6.07) is 5.90. The molecule has 1 aromatic rings. The van der Waals surface area contributed by atoms with Crippen LogP contribution in [-0.2, 0) is 4.79 Å². The minimum absolute atomic E-state index is 0.0630. The molecular formula is C17H26FN3O2. The summed E-state index contributed by atoms with van der Waals surface area (Å²) in [4.78, 5) is 14.1. The van der Waals surface area contributed by atoms with Crippen molar-refractivity contribution in [2.24, 2.45) is 0 Å². The summed E-state index contributed by atoms with van der Waals surface area (Å²) in [6.07, 6.45) is 2.09. The largest absolute Gasteiger partial charge is 0.494 e. The van der Waals surface area contributed by atoms with Crippen molar-refractivity contribution in [3.05, 3.63) is 30.1 Å². The number of carbonyl (C=O) groups is 1. The molecule has 2 N–H and O–H groups in total. The number of nitrogens with zero attached hydrogens (tertiary/aromatic N) is 1. The Labute approximate surface area is 137 Å². The third-order valence-electron chi connectivity index (χ3n) is 3.81. The van der Waals surface area contributed by atoms with Crippen LogP contribution in [0.15, 0.2) is 24.3 Å². The molecule has 0 bridgehead atoms. The highest BCUT2D eigenvalue weighted by atomic mass is 19.1. The third-order valence-corrected chi connectivity index (χ3v) is 3.81. The number of rotatable bonds is 9. The second-order valence-electron chi connectivity index (χ2n) is 5.70. The summed E-state index contributed by atoms with van der Waals surface area (Å²) in [5, 5.41) is 6.27. The van der Waals surface area contributed by atoms with E-state index < -0.39 is 0 Å². The Morgan fingerprint density at radius 3 is 2.70 bits per heavy atom. The smallest absolute Gasteiger partial charge is 0.220 e. The molecule has 2 rings (SSSR count). The van der Waals surface area contributed by atoms with Gasteiger partial charge in [-0.1, -0.05) is 0 Å². The lowest BCUT2D eigenvalue weighted by Gasteiger charge is -2.27. The summed E-state index contributed by atoms with van der Waals surface area (Å²) in [6.45, 7) is 6.52. The Morgan fingerprint density at radius 1 is 1.22 bits per heavy atom. The van der Waals surface area contributed by atoms with Crippen LogP contribution in [0, 0.1) is 5.82 Å². The topological polar surface area (TPSA) is 53.6 Å². The second kappa shape index (κ2) is 10.2. The van der Waals surface area contributed by atoms with Gasteiger partial charge >= 0.3 is 0 Å². The summed E-state index contributed by atoms with van der Waals surface area (Å²) in [5.41, 5.74) is 0. The predicted octanol–water partition coefficient (Wildman–Crippen LogP) is 1.40. The van der Waals surface area contributed by atoms with Gasteiger partial charge in [-0.3, -0.25) is 4.79 Å². The normalized spacial score (nSPS) is 15.3. The molecule has 0 radical (unpaired) electrons. The van der Waals surface area contributed by atoms with E-state index in [0.717, 1.165) is 45.7 Å². The summed E-state index contributed by atoms with van der Waals surface area (Å²) in [7, 11) is 0. The van der Waals surface area contributed by atoms with Gasteiger partial charge in [0.15, 0.2) is 0 Å². The molecule has 0 saturated carbocycles. The van der Waals surface area contributed by atoms with Crippen LogP contribution in [0.4, 0.5) is 4.39 Å². The number of carbonyl (C=O) groups excluding carboxylic acids is 1. The van der Waals surface area contributed by atoms with E-state index in [1.807, 2.05) is 0 Å². The van der Waals surface area contributed by atoms with Crippen LogP contribution in [0.25, 0.3) is 0 Å². The van der Waals surface area contributed by atoms with Gasteiger partial charge in [-0.05, 0) is 43.7 Å². The predicted molar refractivity (Wildman–Crippen MR) is 88.1 cm³/mol. The van der Waals surface area contributed by atoms with Crippen LogP contribution >= 0.6 is 0 Å². The lowest BCUT2D eigenvalue weighted by atomic mass is 10.3. The van der Waals surface area contributed by atoms with Gasteiger partial charge in [0.25, 0.3) is 0 Å². The fraction of sp³-hybridized carbons (Fsp3) is 0.588. The lowest BCUT2D eigenvalue weighted by molar-refractivity contribution is -0.121. The SMILES string of the molecule is O=C(CCCOc1ccc(F)cc1)NCCCN1CCNCC1. The van der Waals surface area contributed by atoms with Crippen LogP contribution < -0.4 is 15.4 Å². The van der Waals surface area contributed by atoms with Gasteiger partial charge in [0.1, 0.15) is 11.6 Å². The Balaban J connectivity index is 1.46. The first-order valence-electron chi connectivity index (χ1n) is 8.32. The fourth-order valence-corrected chi connectivity index (χ4v) is 2.51. The molecule has 0 atom stereocenters. The van der Waals surface area contributed by atoms with Crippen LogP contribution in [0.2, 0.25) is 0 Å². The summed E-state index contributed by atoms with van der Waals surface area (Å²) >= 11 is 0. The monoisotopic (exact) mass is 323 g/mol. The van der Waals surface area contributed by atoms with E-state index in [9.17, 15) is 9.18 Å². The van der Waals surface area contributed by atoms with Gasteiger partial charge in [0, 0.05) is 39.1 Å². The van der Waals surface area contributed by atoms with Crippen molar-refractivity contribution < 1.29 is 13.9 Å². The van der Waals surface area contributed by atoms with Crippen molar-refractivity contribution in [2.45, 2.75) is 19.3 Å². The zero-order valence-electron chi connectivity index (χ0n) is 13.5. The van der Waals surface area contributed by atoms with Crippen molar-refractivity contribution >= 4 is 5.91 Å². The first-order chi connectivity index (χ1) is 11.2. The molecule has 23 heavy (non-hydrogen) atoms. The molecule has 0 unspecified atom stereocenters. The van der Waals surface area contributed by atoms with Crippen molar-refractivity contribution in [1.29, 1.82) is 0 Å². The maximum atomic E-state index is 12.7. The molecule has 1 fully saturated rings. The number of amides is 1. The molecule has 5 nitrogen and oxygen atoms in total. The highest BCUT2D eigenvalue weighted by Crippen LogP contribution is 2.11. The minimum atomic E-state index is -0.280. The Morgan fingerprint density at radius 2 is 1.96 bits per heavy atom. The summed E-state index contributed by atoms with van der Waals surface area (Å²) in [5.74, 6) is 0.411. The van der Waals surface area contributed by atoms with E-state index in [1.54, 1.807) is 12.1 Å². The standard InChI is InChI=1S/C17H26FN3O2/c18-15-4-6-16(7-5-15)23-14-1-3-17(22)20-8-2-11-21-12-9-19-10-13-21/h4-7,19H,1-3,8-14H2,(H,20,22). The van der Waals surface area contributed by atoms with Crippen molar-refractivity contribution in [3.63, 3.8) is 0 Å². The van der Waals surface area contributed by atoms with Crippen molar-refractivity contribution in [2.75, 3.05) is 45.9 Å². The highest BCUT2D eigenvalue weighted by molar-refractivity contribution is 5.75. The van der Waals surface area contributed by atoms with Crippen molar-refractivity contribution in [3.8, 4) is 5.75 Å². The van der Waals surface area contributed by atoms with E-state index in [1.165, 1.54) is 12.1 Å². The van der Waals surface area contributed by atoms with Crippen LogP contribution in [0.3, 0.4) is 0 Å². The first kappa shape index (κ1) is 17.7. The quantitative estimate of drug-likeness (QED) is 0.675. The number of hydrogen-bond donors (Lipinski definition) is 2. The zero-order valence-corrected chi connectivity index (χ0v) is 13.5. The van der Waals surface area contributed by atoms with Gasteiger partial charge in [-0.25, -0.2) is 4.39 Å². The van der Waals surface area contributed by atoms with Gasteiger partial charge in [0.2, 0.25) is 5.91 Å². The Hall–Kier alpha value is -1.66. The molecule has 6 heteroatoms. The van der Waals surface area contributed by atoms with Gasteiger partial charge in [-0.15, -0.1) is 0 Å². The average molecular weight is 323 g/mol. The number of piperazine rings is 1. The minimum Gasteiger partial charge on any atom is -0.494 e. The van der Waals surface area contributed by atoms with Crippen LogP contribution in [0.5, 0.6) is 5.75 Å². The summed E-state index contributed by atoms with van der Waals surface area (Å²) < 4.78 is 18.2. The number of benzene rings is 1. The maximum Gasteiger partial charge on any atom is 0.220 e. The van der Waals surface area contributed by atoms with Crippen LogP contribution in [0.1, 0.15) is 19.3 Å². The van der Waals surface area contributed by atoms with E-state index >= 15 is 0 Å². The van der Waals surface area contributed by atoms with E-state index in [0.29, 0.717) is 25.2 Å². The van der Waals surface area contributed by atoms with Crippen LogP contribution in [-0.4, -0.2) is 56.7 Å². The molecule has 1 aliphatic rings. The first-order valence-corrected chi connectivity index (χ1v) is 8.32. The second-order valence-corrected chi connectivity index (χ2v) is 5.70. The highest BCUT2D eigenvalue weighted by Gasteiger charge is 2.08. The molecule has 1 saturated heterocycles. The number of hydrogen-bond acceptors (Lipinski definition) is 4. The van der Waals surface area contributed by atoms with E-state index in [4.69, 9.17) is 4.74 Å². The van der Waals surface area contributed by atoms with Crippen molar-refractivity contribution in [1.82, 2.24) is 15.5 Å². The molecule has 128 valence electrons. The van der Waals surface area contributed by atoms with E-state index in [2.05, 4.69) is 15.5 Å². The maximum absolute atomic E-state index is 12.7. The molecule has 1 heterocycles. The average Bonchev–Trinajstić information content (AvgIpc) is 2.58.